The lowest BCUT2D eigenvalue weighted by Crippen LogP contribution is -2.14. The van der Waals surface area contributed by atoms with Gasteiger partial charge in [-0.15, -0.1) is 0 Å². The number of benzene rings is 1. The summed E-state index contributed by atoms with van der Waals surface area (Å²) in [6.07, 6.45) is 0. The zero-order valence-corrected chi connectivity index (χ0v) is 13.2. The standard InChI is InChI=1S/C15H16BrN3O/c1-8-4-9(2)14(12(16)5-8)19-15(20)11-6-10(3)18-13(17)7-11/h4-7H,1-3H3,(H2,17,18)(H,19,20). The lowest BCUT2D eigenvalue weighted by Gasteiger charge is -2.12. The van der Waals surface area contributed by atoms with Crippen LogP contribution in [0.15, 0.2) is 28.7 Å². The van der Waals surface area contributed by atoms with E-state index >= 15 is 0 Å². The van der Waals surface area contributed by atoms with Gasteiger partial charge in [0, 0.05) is 15.7 Å². The number of carbonyl (C=O) groups is 1. The fourth-order valence-corrected chi connectivity index (χ4v) is 2.86. The Balaban J connectivity index is 2.32. The quantitative estimate of drug-likeness (QED) is 0.882. The molecule has 1 amide bonds. The first-order chi connectivity index (χ1) is 9.36. The number of hydrogen-bond acceptors (Lipinski definition) is 3. The van der Waals surface area contributed by atoms with Crippen molar-refractivity contribution in [3.05, 3.63) is 51.1 Å². The lowest BCUT2D eigenvalue weighted by molar-refractivity contribution is 0.102. The molecule has 1 heterocycles. The normalized spacial score (nSPS) is 10.4. The number of aryl methyl sites for hydroxylation is 3. The molecule has 0 spiro atoms. The Morgan fingerprint density at radius 2 is 1.90 bits per heavy atom. The Morgan fingerprint density at radius 1 is 1.20 bits per heavy atom. The van der Waals surface area contributed by atoms with Crippen molar-refractivity contribution in [3.8, 4) is 0 Å². The van der Waals surface area contributed by atoms with Crippen molar-refractivity contribution in [2.75, 3.05) is 11.1 Å². The first kappa shape index (κ1) is 14.5. The molecular formula is C15H16BrN3O. The average Bonchev–Trinajstić information content (AvgIpc) is 2.32. The number of carbonyl (C=O) groups excluding carboxylic acids is 1. The van der Waals surface area contributed by atoms with Crippen molar-refractivity contribution in [1.82, 2.24) is 4.98 Å². The Morgan fingerprint density at radius 3 is 2.50 bits per heavy atom. The molecule has 4 nitrogen and oxygen atoms in total. The second kappa shape index (κ2) is 5.63. The van der Waals surface area contributed by atoms with Gasteiger partial charge in [0.15, 0.2) is 0 Å². The maximum Gasteiger partial charge on any atom is 0.255 e. The molecule has 2 rings (SSSR count). The van der Waals surface area contributed by atoms with Crippen LogP contribution in [0, 0.1) is 20.8 Å². The second-order valence-electron chi connectivity index (χ2n) is 4.81. The van der Waals surface area contributed by atoms with E-state index in [1.54, 1.807) is 19.1 Å². The fraction of sp³-hybridized carbons (Fsp3) is 0.200. The number of aromatic nitrogens is 1. The van der Waals surface area contributed by atoms with E-state index in [1.165, 1.54) is 0 Å². The molecular weight excluding hydrogens is 318 g/mol. The Kier molecular flexibility index (Phi) is 4.09. The number of nitrogens with two attached hydrogens (primary N) is 1. The molecule has 104 valence electrons. The molecule has 5 heteroatoms. The molecule has 2 aromatic rings. The van der Waals surface area contributed by atoms with Crippen molar-refractivity contribution in [2.24, 2.45) is 0 Å². The van der Waals surface area contributed by atoms with Crippen LogP contribution in [-0.4, -0.2) is 10.9 Å². The van der Waals surface area contributed by atoms with Crippen molar-refractivity contribution in [2.45, 2.75) is 20.8 Å². The maximum atomic E-state index is 12.3. The average molecular weight is 334 g/mol. The summed E-state index contributed by atoms with van der Waals surface area (Å²) in [7, 11) is 0. The number of rotatable bonds is 2. The SMILES string of the molecule is Cc1cc(C)c(NC(=O)c2cc(C)nc(N)c2)c(Br)c1. The van der Waals surface area contributed by atoms with E-state index in [2.05, 4.69) is 26.2 Å². The van der Waals surface area contributed by atoms with Gasteiger partial charge in [-0.2, -0.15) is 0 Å². The summed E-state index contributed by atoms with van der Waals surface area (Å²) in [6, 6.07) is 7.27. The van der Waals surface area contributed by atoms with Gasteiger partial charge >= 0.3 is 0 Å². The van der Waals surface area contributed by atoms with E-state index in [4.69, 9.17) is 5.73 Å². The zero-order chi connectivity index (χ0) is 14.9. The monoisotopic (exact) mass is 333 g/mol. The third-order valence-electron chi connectivity index (χ3n) is 2.91. The van der Waals surface area contributed by atoms with E-state index in [1.807, 2.05) is 26.0 Å². The Labute approximate surface area is 126 Å². The largest absolute Gasteiger partial charge is 0.384 e. The zero-order valence-electron chi connectivity index (χ0n) is 11.6. The molecule has 0 fully saturated rings. The first-order valence-corrected chi connectivity index (χ1v) is 6.98. The summed E-state index contributed by atoms with van der Waals surface area (Å²) in [5, 5.41) is 2.91. The van der Waals surface area contributed by atoms with E-state index in [0.29, 0.717) is 11.4 Å². The van der Waals surface area contributed by atoms with Gasteiger partial charge in [-0.1, -0.05) is 6.07 Å². The number of nitrogen functional groups attached to an aromatic ring is 1. The molecule has 1 aromatic heterocycles. The van der Waals surface area contributed by atoms with Crippen LogP contribution in [0.3, 0.4) is 0 Å². The number of halogens is 1. The predicted molar refractivity (Wildman–Crippen MR) is 85.0 cm³/mol. The van der Waals surface area contributed by atoms with Crippen LogP contribution in [0.4, 0.5) is 11.5 Å². The molecule has 0 radical (unpaired) electrons. The number of hydrogen-bond donors (Lipinski definition) is 2. The maximum absolute atomic E-state index is 12.3. The van der Waals surface area contributed by atoms with E-state index in [0.717, 1.165) is 27.0 Å². The van der Waals surface area contributed by atoms with Crippen molar-refractivity contribution >= 4 is 33.3 Å². The van der Waals surface area contributed by atoms with Crippen molar-refractivity contribution < 1.29 is 4.79 Å². The van der Waals surface area contributed by atoms with Crippen LogP contribution >= 0.6 is 15.9 Å². The number of pyridine rings is 1. The highest BCUT2D eigenvalue weighted by Gasteiger charge is 2.12. The smallest absolute Gasteiger partial charge is 0.255 e. The van der Waals surface area contributed by atoms with E-state index in [9.17, 15) is 4.79 Å². The van der Waals surface area contributed by atoms with E-state index in [-0.39, 0.29) is 5.91 Å². The molecule has 0 saturated carbocycles. The molecule has 0 aliphatic carbocycles. The minimum Gasteiger partial charge on any atom is -0.384 e. The Hall–Kier alpha value is -1.88. The Bertz CT molecular complexity index is 640. The third-order valence-corrected chi connectivity index (χ3v) is 3.53. The lowest BCUT2D eigenvalue weighted by atomic mass is 10.1. The highest BCUT2D eigenvalue weighted by atomic mass is 79.9. The number of amides is 1. The molecule has 0 atom stereocenters. The van der Waals surface area contributed by atoms with Crippen LogP contribution < -0.4 is 11.1 Å². The third kappa shape index (κ3) is 3.17. The number of anilines is 2. The highest BCUT2D eigenvalue weighted by Crippen LogP contribution is 2.28. The van der Waals surface area contributed by atoms with Gasteiger partial charge in [0.2, 0.25) is 0 Å². The first-order valence-electron chi connectivity index (χ1n) is 6.19. The summed E-state index contributed by atoms with van der Waals surface area (Å²) in [5.41, 5.74) is 9.80. The molecule has 1 aromatic carbocycles. The topological polar surface area (TPSA) is 68.0 Å². The minimum absolute atomic E-state index is 0.199. The van der Waals surface area contributed by atoms with Crippen molar-refractivity contribution in [1.29, 1.82) is 0 Å². The summed E-state index contributed by atoms with van der Waals surface area (Å²) >= 11 is 3.48. The number of nitrogens with one attached hydrogen (secondary N) is 1. The second-order valence-corrected chi connectivity index (χ2v) is 5.67. The van der Waals surface area contributed by atoms with Crippen LogP contribution in [0.2, 0.25) is 0 Å². The minimum atomic E-state index is -0.199. The van der Waals surface area contributed by atoms with Crippen molar-refractivity contribution in [3.63, 3.8) is 0 Å². The van der Waals surface area contributed by atoms with Gasteiger partial charge in [-0.25, -0.2) is 4.98 Å². The number of nitrogens with zero attached hydrogens (tertiary/aromatic N) is 1. The van der Waals surface area contributed by atoms with E-state index < -0.39 is 0 Å². The van der Waals surface area contributed by atoms with Gasteiger partial charge in [0.1, 0.15) is 5.82 Å². The molecule has 0 aliphatic heterocycles. The fourth-order valence-electron chi connectivity index (χ4n) is 2.09. The van der Waals surface area contributed by atoms with Gasteiger partial charge in [0.05, 0.1) is 5.69 Å². The van der Waals surface area contributed by atoms with Gasteiger partial charge in [-0.3, -0.25) is 4.79 Å². The molecule has 20 heavy (non-hydrogen) atoms. The van der Waals surface area contributed by atoms with Gasteiger partial charge in [0.25, 0.3) is 5.91 Å². The molecule has 0 aliphatic rings. The van der Waals surface area contributed by atoms with Crippen LogP contribution in [0.25, 0.3) is 0 Å². The molecule has 0 bridgehead atoms. The molecule has 0 saturated heterocycles. The highest BCUT2D eigenvalue weighted by molar-refractivity contribution is 9.10. The van der Waals surface area contributed by atoms with Crippen LogP contribution in [0.1, 0.15) is 27.2 Å². The van der Waals surface area contributed by atoms with Gasteiger partial charge < -0.3 is 11.1 Å². The molecule has 3 N–H and O–H groups in total. The summed E-state index contributed by atoms with van der Waals surface area (Å²) in [5.74, 6) is 0.143. The summed E-state index contributed by atoms with van der Waals surface area (Å²) in [6.45, 7) is 5.77. The summed E-state index contributed by atoms with van der Waals surface area (Å²) in [4.78, 5) is 16.4. The van der Waals surface area contributed by atoms with Crippen LogP contribution in [0.5, 0.6) is 0 Å². The van der Waals surface area contributed by atoms with Gasteiger partial charge in [-0.05, 0) is 66.0 Å². The molecule has 0 unspecified atom stereocenters. The van der Waals surface area contributed by atoms with Crippen LogP contribution in [-0.2, 0) is 0 Å². The predicted octanol–water partition coefficient (Wildman–Crippen LogP) is 3.60. The summed E-state index contributed by atoms with van der Waals surface area (Å²) < 4.78 is 0.863.